The molecule has 1 fully saturated rings. The third-order valence-corrected chi connectivity index (χ3v) is 3.59. The van der Waals surface area contributed by atoms with Gasteiger partial charge in [0.2, 0.25) is 5.91 Å². The molecule has 0 aromatic carbocycles. The number of amides is 3. The number of rotatable bonds is 3. The van der Waals surface area contributed by atoms with Crippen LogP contribution in [-0.4, -0.2) is 81.3 Å². The Morgan fingerprint density at radius 1 is 1.05 bits per heavy atom. The monoisotopic (exact) mass is 287 g/mol. The molecule has 2 atom stereocenters. The van der Waals surface area contributed by atoms with E-state index in [-0.39, 0.29) is 19.0 Å². The summed E-state index contributed by atoms with van der Waals surface area (Å²) < 4.78 is 0. The van der Waals surface area contributed by atoms with Gasteiger partial charge in [-0.05, 0) is 20.8 Å². The molecule has 0 aliphatic carbocycles. The first-order valence-corrected chi connectivity index (χ1v) is 6.61. The van der Waals surface area contributed by atoms with E-state index in [1.807, 2.05) is 0 Å². The number of piperazine rings is 1. The fraction of sp³-hybridized carbons (Fsp3) is 0.750. The van der Waals surface area contributed by atoms with E-state index in [1.165, 1.54) is 4.90 Å². The van der Waals surface area contributed by atoms with Crippen molar-refractivity contribution in [1.82, 2.24) is 14.7 Å². The average molecular weight is 287 g/mol. The van der Waals surface area contributed by atoms with Gasteiger partial charge >= 0.3 is 12.2 Å². The van der Waals surface area contributed by atoms with Gasteiger partial charge in [0.05, 0.1) is 12.6 Å². The number of carbonyl (C=O) groups is 3. The molecular weight excluding hydrogens is 266 g/mol. The fourth-order valence-corrected chi connectivity index (χ4v) is 2.41. The molecule has 1 heterocycles. The fourth-order valence-electron chi connectivity index (χ4n) is 2.41. The third kappa shape index (κ3) is 3.12. The molecule has 3 amide bonds. The van der Waals surface area contributed by atoms with Gasteiger partial charge < -0.3 is 20.0 Å². The minimum atomic E-state index is -1.20. The van der Waals surface area contributed by atoms with Crippen LogP contribution in [0, 0.1) is 0 Å². The zero-order valence-corrected chi connectivity index (χ0v) is 11.9. The summed E-state index contributed by atoms with van der Waals surface area (Å²) in [5.74, 6) is -0.351. The highest BCUT2D eigenvalue weighted by atomic mass is 16.4. The number of carboxylic acid groups (broad SMARTS) is 2. The molecule has 0 aromatic rings. The maximum absolute atomic E-state index is 12.4. The highest BCUT2D eigenvalue weighted by molar-refractivity contribution is 5.86. The molecule has 8 nitrogen and oxygen atoms in total. The van der Waals surface area contributed by atoms with Gasteiger partial charge in [-0.25, -0.2) is 9.59 Å². The lowest BCUT2D eigenvalue weighted by Gasteiger charge is -2.43. The van der Waals surface area contributed by atoms with Gasteiger partial charge in [0.15, 0.2) is 0 Å². The minimum Gasteiger partial charge on any atom is -0.465 e. The Balaban J connectivity index is 3.00. The van der Waals surface area contributed by atoms with Crippen molar-refractivity contribution in [3.8, 4) is 0 Å². The standard InChI is InChI=1S/C12H21N3O5/c1-4-13(5-2)10(16)9-7-14(11(17)18)8(3)6-15(9)12(19)20/h8-9H,4-7H2,1-3H3,(H,17,18)(H,19,20)/t8-,9-/m1/s1. The Hall–Kier alpha value is -1.99. The summed E-state index contributed by atoms with van der Waals surface area (Å²) in [6.45, 7) is 6.02. The van der Waals surface area contributed by atoms with Gasteiger partial charge in [0.1, 0.15) is 6.04 Å². The number of nitrogens with zero attached hydrogens (tertiary/aromatic N) is 3. The van der Waals surface area contributed by atoms with Crippen LogP contribution in [0.1, 0.15) is 20.8 Å². The predicted molar refractivity (Wildman–Crippen MR) is 70.6 cm³/mol. The molecule has 1 rings (SSSR count). The molecule has 1 aliphatic heterocycles. The first kappa shape index (κ1) is 16.1. The van der Waals surface area contributed by atoms with Gasteiger partial charge in [0.25, 0.3) is 0 Å². The van der Waals surface area contributed by atoms with E-state index < -0.39 is 24.3 Å². The van der Waals surface area contributed by atoms with Crippen molar-refractivity contribution in [2.45, 2.75) is 32.9 Å². The van der Waals surface area contributed by atoms with Crippen LogP contribution in [0.25, 0.3) is 0 Å². The van der Waals surface area contributed by atoms with Gasteiger partial charge in [-0.2, -0.15) is 0 Å². The minimum absolute atomic E-state index is 0.000686. The van der Waals surface area contributed by atoms with E-state index in [1.54, 1.807) is 20.8 Å². The van der Waals surface area contributed by atoms with Crippen molar-refractivity contribution in [2.24, 2.45) is 0 Å². The van der Waals surface area contributed by atoms with E-state index in [2.05, 4.69) is 0 Å². The average Bonchev–Trinajstić information content (AvgIpc) is 2.38. The second-order valence-electron chi connectivity index (χ2n) is 4.75. The molecule has 114 valence electrons. The summed E-state index contributed by atoms with van der Waals surface area (Å²) >= 11 is 0. The molecule has 20 heavy (non-hydrogen) atoms. The number of hydrogen-bond acceptors (Lipinski definition) is 3. The molecule has 0 unspecified atom stereocenters. The molecule has 1 saturated heterocycles. The first-order valence-electron chi connectivity index (χ1n) is 6.61. The van der Waals surface area contributed by atoms with E-state index in [0.717, 1.165) is 9.80 Å². The van der Waals surface area contributed by atoms with Crippen LogP contribution in [0.2, 0.25) is 0 Å². The van der Waals surface area contributed by atoms with E-state index in [0.29, 0.717) is 13.1 Å². The Kier molecular flexibility index (Phi) is 5.18. The lowest BCUT2D eigenvalue weighted by atomic mass is 10.1. The quantitative estimate of drug-likeness (QED) is 0.791. The molecule has 0 bridgehead atoms. The summed E-state index contributed by atoms with van der Waals surface area (Å²) in [6, 6.07) is -1.44. The summed E-state index contributed by atoms with van der Waals surface area (Å²) in [7, 11) is 0. The predicted octanol–water partition coefficient (Wildman–Crippen LogP) is 0.586. The maximum atomic E-state index is 12.4. The maximum Gasteiger partial charge on any atom is 0.408 e. The topological polar surface area (TPSA) is 101 Å². The van der Waals surface area contributed by atoms with Gasteiger partial charge in [0, 0.05) is 19.6 Å². The van der Waals surface area contributed by atoms with Crippen LogP contribution < -0.4 is 0 Å². The van der Waals surface area contributed by atoms with Crippen molar-refractivity contribution in [3.05, 3.63) is 0 Å². The smallest absolute Gasteiger partial charge is 0.408 e. The largest absolute Gasteiger partial charge is 0.465 e. The van der Waals surface area contributed by atoms with Crippen LogP contribution in [0.3, 0.4) is 0 Å². The van der Waals surface area contributed by atoms with Crippen molar-refractivity contribution in [2.75, 3.05) is 26.2 Å². The highest BCUT2D eigenvalue weighted by Gasteiger charge is 2.41. The molecular formula is C12H21N3O5. The van der Waals surface area contributed by atoms with Crippen molar-refractivity contribution >= 4 is 18.1 Å². The van der Waals surface area contributed by atoms with Gasteiger partial charge in [-0.1, -0.05) is 0 Å². The molecule has 0 aromatic heterocycles. The normalized spacial score (nSPS) is 22.6. The SMILES string of the molecule is CCN(CC)C(=O)[C@H]1CN(C(=O)O)[C@H](C)CN1C(=O)O. The first-order chi connectivity index (χ1) is 9.33. The zero-order chi connectivity index (χ0) is 15.4. The molecule has 0 saturated carbocycles. The Morgan fingerprint density at radius 2 is 1.55 bits per heavy atom. The van der Waals surface area contributed by atoms with Crippen LogP contribution >= 0.6 is 0 Å². The summed E-state index contributed by atoms with van der Waals surface area (Å²) in [5, 5.41) is 18.3. The second kappa shape index (κ2) is 6.44. The van der Waals surface area contributed by atoms with E-state index in [9.17, 15) is 19.5 Å². The Bertz CT molecular complexity index is 397. The number of likely N-dealkylation sites (N-methyl/N-ethyl adjacent to an activating group) is 1. The molecule has 8 heteroatoms. The lowest BCUT2D eigenvalue weighted by Crippen LogP contribution is -2.64. The van der Waals surface area contributed by atoms with Gasteiger partial charge in [-0.15, -0.1) is 0 Å². The Morgan fingerprint density at radius 3 is 1.95 bits per heavy atom. The zero-order valence-electron chi connectivity index (χ0n) is 11.9. The van der Waals surface area contributed by atoms with Crippen LogP contribution in [0.5, 0.6) is 0 Å². The van der Waals surface area contributed by atoms with Crippen molar-refractivity contribution in [1.29, 1.82) is 0 Å². The van der Waals surface area contributed by atoms with Crippen molar-refractivity contribution in [3.63, 3.8) is 0 Å². The third-order valence-electron chi connectivity index (χ3n) is 3.59. The molecule has 0 spiro atoms. The molecule has 1 aliphatic rings. The summed E-state index contributed by atoms with van der Waals surface area (Å²) in [6.07, 6.45) is -2.34. The summed E-state index contributed by atoms with van der Waals surface area (Å²) in [4.78, 5) is 38.4. The second-order valence-corrected chi connectivity index (χ2v) is 4.75. The van der Waals surface area contributed by atoms with Crippen molar-refractivity contribution < 1.29 is 24.6 Å². The van der Waals surface area contributed by atoms with E-state index in [4.69, 9.17) is 5.11 Å². The highest BCUT2D eigenvalue weighted by Crippen LogP contribution is 2.17. The van der Waals surface area contributed by atoms with Crippen LogP contribution in [0.15, 0.2) is 0 Å². The van der Waals surface area contributed by atoms with Crippen LogP contribution in [0.4, 0.5) is 9.59 Å². The summed E-state index contributed by atoms with van der Waals surface area (Å²) in [5.41, 5.74) is 0. The van der Waals surface area contributed by atoms with E-state index >= 15 is 0 Å². The Labute approximate surface area is 117 Å². The van der Waals surface area contributed by atoms with Crippen LogP contribution in [-0.2, 0) is 4.79 Å². The number of hydrogen-bond donors (Lipinski definition) is 2. The lowest BCUT2D eigenvalue weighted by molar-refractivity contribution is -0.138. The molecule has 0 radical (unpaired) electrons. The molecule has 2 N–H and O–H groups in total. The van der Waals surface area contributed by atoms with Gasteiger partial charge in [-0.3, -0.25) is 9.69 Å². The number of carbonyl (C=O) groups excluding carboxylic acids is 1.